The summed E-state index contributed by atoms with van der Waals surface area (Å²) in [4.78, 5) is 12.7. The fourth-order valence-electron chi connectivity index (χ4n) is 0.714. The molecule has 0 aliphatic rings. The van der Waals surface area contributed by atoms with Gasteiger partial charge in [0.1, 0.15) is 0 Å². The fraction of sp³-hybridized carbons (Fsp3) is 0.286. The minimum atomic E-state index is -0.0307. The van der Waals surface area contributed by atoms with E-state index in [2.05, 4.69) is 12.6 Å². The van der Waals surface area contributed by atoms with Gasteiger partial charge in [-0.1, -0.05) is 11.6 Å². The smallest absolute Gasteiger partial charge is 0.237 e. The number of thiol groups is 1. The molecule has 0 spiro atoms. The van der Waals surface area contributed by atoms with E-state index in [0.29, 0.717) is 4.34 Å². The molecule has 0 saturated heterocycles. The molecule has 0 atom stereocenters. The minimum Gasteiger partial charge on any atom is -0.306 e. The number of rotatable bonds is 2. The van der Waals surface area contributed by atoms with E-state index in [-0.39, 0.29) is 11.7 Å². The summed E-state index contributed by atoms with van der Waals surface area (Å²) in [7, 11) is 1.71. The molecule has 1 amide bonds. The average molecular weight is 222 g/mol. The van der Waals surface area contributed by atoms with Crippen molar-refractivity contribution in [3.8, 4) is 0 Å². The second-order valence-electron chi connectivity index (χ2n) is 2.19. The van der Waals surface area contributed by atoms with E-state index in [1.54, 1.807) is 18.0 Å². The molecule has 0 unspecified atom stereocenters. The zero-order chi connectivity index (χ0) is 9.14. The van der Waals surface area contributed by atoms with E-state index in [9.17, 15) is 4.79 Å². The van der Waals surface area contributed by atoms with Crippen LogP contribution in [0.25, 0.3) is 0 Å². The van der Waals surface area contributed by atoms with Crippen molar-refractivity contribution in [1.82, 2.24) is 0 Å². The lowest BCUT2D eigenvalue weighted by atomic mass is 10.5. The summed E-state index contributed by atoms with van der Waals surface area (Å²) in [5.74, 6) is 0.184. The molecule has 0 aliphatic heterocycles. The van der Waals surface area contributed by atoms with Crippen LogP contribution in [-0.2, 0) is 4.79 Å². The lowest BCUT2D eigenvalue weighted by Gasteiger charge is -2.12. The van der Waals surface area contributed by atoms with Crippen molar-refractivity contribution in [3.63, 3.8) is 0 Å². The molecule has 0 aromatic carbocycles. The summed E-state index contributed by atoms with van der Waals surface area (Å²) in [6.45, 7) is 0. The summed E-state index contributed by atoms with van der Waals surface area (Å²) >= 11 is 11.0. The highest BCUT2D eigenvalue weighted by molar-refractivity contribution is 7.81. The van der Waals surface area contributed by atoms with Crippen LogP contribution in [0.1, 0.15) is 0 Å². The molecular formula is C7H8ClNOS2. The monoisotopic (exact) mass is 221 g/mol. The normalized spacial score (nSPS) is 9.92. The van der Waals surface area contributed by atoms with Gasteiger partial charge in [0.05, 0.1) is 15.1 Å². The van der Waals surface area contributed by atoms with E-state index in [1.807, 2.05) is 6.07 Å². The third-order valence-corrected chi connectivity index (χ3v) is 2.98. The van der Waals surface area contributed by atoms with Gasteiger partial charge < -0.3 is 4.90 Å². The third kappa shape index (κ3) is 2.15. The molecule has 0 N–H and O–H groups in total. The molecule has 1 rings (SSSR count). The quantitative estimate of drug-likeness (QED) is 0.760. The second-order valence-corrected chi connectivity index (χ2v) is 4.20. The van der Waals surface area contributed by atoms with Gasteiger partial charge in [-0.25, -0.2) is 0 Å². The first kappa shape index (κ1) is 9.89. The Morgan fingerprint density at radius 3 is 2.83 bits per heavy atom. The highest BCUT2D eigenvalue weighted by Gasteiger charge is 2.10. The van der Waals surface area contributed by atoms with Gasteiger partial charge in [-0.05, 0) is 12.1 Å². The predicted octanol–water partition coefficient (Wildman–Crippen LogP) is 2.29. The molecule has 1 aromatic heterocycles. The minimum absolute atomic E-state index is 0.0307. The van der Waals surface area contributed by atoms with Gasteiger partial charge in [-0.2, -0.15) is 12.6 Å². The van der Waals surface area contributed by atoms with Crippen molar-refractivity contribution in [2.24, 2.45) is 0 Å². The van der Waals surface area contributed by atoms with Crippen molar-refractivity contribution >= 4 is 46.5 Å². The van der Waals surface area contributed by atoms with Gasteiger partial charge in [0, 0.05) is 7.05 Å². The molecule has 0 saturated carbocycles. The summed E-state index contributed by atoms with van der Waals surface area (Å²) in [5, 5.41) is 0.846. The Kier molecular flexibility index (Phi) is 3.43. The van der Waals surface area contributed by atoms with Crippen LogP contribution in [0, 0.1) is 0 Å². The van der Waals surface area contributed by atoms with Crippen molar-refractivity contribution in [1.29, 1.82) is 0 Å². The van der Waals surface area contributed by atoms with Crippen molar-refractivity contribution in [2.75, 3.05) is 17.7 Å². The Morgan fingerprint density at radius 1 is 1.75 bits per heavy atom. The molecule has 1 heterocycles. The van der Waals surface area contributed by atoms with E-state index >= 15 is 0 Å². The van der Waals surface area contributed by atoms with E-state index in [0.717, 1.165) is 5.00 Å². The first-order valence-corrected chi connectivity index (χ1v) is 5.10. The Morgan fingerprint density at radius 2 is 2.42 bits per heavy atom. The number of hydrogen-bond donors (Lipinski definition) is 1. The topological polar surface area (TPSA) is 20.3 Å². The van der Waals surface area contributed by atoms with E-state index < -0.39 is 0 Å². The molecule has 12 heavy (non-hydrogen) atoms. The predicted molar refractivity (Wildman–Crippen MR) is 56.6 cm³/mol. The number of nitrogens with zero attached hydrogens (tertiary/aromatic N) is 1. The Labute approximate surface area is 85.5 Å². The average Bonchev–Trinajstić information content (AvgIpc) is 2.49. The Hall–Kier alpha value is -0.190. The van der Waals surface area contributed by atoms with Gasteiger partial charge in [0.25, 0.3) is 0 Å². The number of hydrogen-bond acceptors (Lipinski definition) is 3. The summed E-state index contributed by atoms with van der Waals surface area (Å²) in [5.41, 5.74) is 0. The lowest BCUT2D eigenvalue weighted by Crippen LogP contribution is -2.26. The molecule has 1 aromatic rings. The number of thiophene rings is 1. The van der Waals surface area contributed by atoms with Crippen molar-refractivity contribution in [3.05, 3.63) is 16.5 Å². The first-order chi connectivity index (χ1) is 5.65. The van der Waals surface area contributed by atoms with E-state index in [4.69, 9.17) is 11.6 Å². The summed E-state index contributed by atoms with van der Waals surface area (Å²) in [6.07, 6.45) is 0. The van der Waals surface area contributed by atoms with Crippen LogP contribution in [0.3, 0.4) is 0 Å². The fourth-order valence-corrected chi connectivity index (χ4v) is 1.94. The van der Waals surface area contributed by atoms with Crippen LogP contribution in [0.15, 0.2) is 12.1 Å². The van der Waals surface area contributed by atoms with E-state index in [1.165, 1.54) is 11.3 Å². The zero-order valence-corrected chi connectivity index (χ0v) is 8.92. The molecule has 0 radical (unpaired) electrons. The number of amides is 1. The molecule has 0 bridgehead atoms. The maximum absolute atomic E-state index is 11.1. The largest absolute Gasteiger partial charge is 0.306 e. The maximum atomic E-state index is 11.1. The van der Waals surface area contributed by atoms with Crippen LogP contribution in [0.4, 0.5) is 5.00 Å². The van der Waals surface area contributed by atoms with Crippen LogP contribution >= 0.6 is 35.6 Å². The molecule has 66 valence electrons. The van der Waals surface area contributed by atoms with Crippen LogP contribution in [0.5, 0.6) is 0 Å². The molecular weight excluding hydrogens is 214 g/mol. The number of anilines is 1. The van der Waals surface area contributed by atoms with Gasteiger partial charge in [-0.15, -0.1) is 11.3 Å². The summed E-state index contributed by atoms with van der Waals surface area (Å²) in [6, 6.07) is 3.58. The first-order valence-electron chi connectivity index (χ1n) is 3.28. The SMILES string of the molecule is CN(C(=O)CS)c1ccc(Cl)s1. The lowest BCUT2D eigenvalue weighted by molar-refractivity contribution is -0.115. The summed E-state index contributed by atoms with van der Waals surface area (Å²) < 4.78 is 0.684. The second kappa shape index (κ2) is 4.16. The van der Waals surface area contributed by atoms with Gasteiger partial charge in [0.2, 0.25) is 5.91 Å². The molecule has 2 nitrogen and oxygen atoms in total. The molecule has 0 fully saturated rings. The zero-order valence-electron chi connectivity index (χ0n) is 6.45. The Bertz CT molecular complexity index is 287. The van der Waals surface area contributed by atoms with Crippen LogP contribution in [-0.4, -0.2) is 18.7 Å². The number of carbonyl (C=O) groups is 1. The highest BCUT2D eigenvalue weighted by Crippen LogP contribution is 2.28. The maximum Gasteiger partial charge on any atom is 0.237 e. The highest BCUT2D eigenvalue weighted by atomic mass is 35.5. The van der Waals surface area contributed by atoms with Crippen LogP contribution in [0.2, 0.25) is 4.34 Å². The molecule has 0 aliphatic carbocycles. The number of carbonyl (C=O) groups excluding carboxylic acids is 1. The van der Waals surface area contributed by atoms with Gasteiger partial charge in [0.15, 0.2) is 0 Å². The third-order valence-electron chi connectivity index (χ3n) is 1.40. The Balaban J connectivity index is 2.77. The van der Waals surface area contributed by atoms with Gasteiger partial charge >= 0.3 is 0 Å². The van der Waals surface area contributed by atoms with Gasteiger partial charge in [-0.3, -0.25) is 4.79 Å². The van der Waals surface area contributed by atoms with Crippen molar-refractivity contribution in [2.45, 2.75) is 0 Å². The van der Waals surface area contributed by atoms with Crippen molar-refractivity contribution < 1.29 is 4.79 Å². The molecule has 5 heteroatoms. The number of halogens is 1. The van der Waals surface area contributed by atoms with Crippen LogP contribution < -0.4 is 4.90 Å². The standard InChI is InChI=1S/C7H8ClNOS2/c1-9(6(10)4-11)7-3-2-5(8)12-7/h2-3,11H,4H2,1H3.